The molecule has 77 heavy (non-hydrogen) atoms. The van der Waals surface area contributed by atoms with Crippen LogP contribution in [0.15, 0.2) is 188 Å². The van der Waals surface area contributed by atoms with Gasteiger partial charge in [-0.2, -0.15) is 0 Å². The van der Waals surface area contributed by atoms with Crippen LogP contribution in [-0.4, -0.2) is 57.3 Å². The van der Waals surface area contributed by atoms with Gasteiger partial charge in [0.25, 0.3) is 16.6 Å². The number of ether oxygens (including phenoxy) is 4. The summed E-state index contributed by atoms with van der Waals surface area (Å²) >= 11 is 0. The first-order valence-electron chi connectivity index (χ1n) is 25.6. The maximum Gasteiger partial charge on any atom is 0.355 e. The summed E-state index contributed by atoms with van der Waals surface area (Å²) < 4.78 is 54.0. The second-order valence-electron chi connectivity index (χ2n) is 21.9. The first-order valence-corrected chi connectivity index (χ1v) is 31.4. The summed E-state index contributed by atoms with van der Waals surface area (Å²) in [5.41, 5.74) is 3.44. The van der Waals surface area contributed by atoms with Gasteiger partial charge in [-0.15, -0.1) is 0 Å². The zero-order valence-corrected chi connectivity index (χ0v) is 47.4. The maximum atomic E-state index is 15.2. The van der Waals surface area contributed by atoms with E-state index in [9.17, 15) is 14.0 Å². The van der Waals surface area contributed by atoms with Crippen molar-refractivity contribution >= 4 is 46.6 Å². The van der Waals surface area contributed by atoms with E-state index in [0.29, 0.717) is 44.9 Å². The summed E-state index contributed by atoms with van der Waals surface area (Å²) in [6, 6.07) is 49.9. The van der Waals surface area contributed by atoms with Crippen LogP contribution in [0.1, 0.15) is 97.6 Å². The van der Waals surface area contributed by atoms with Gasteiger partial charge in [0.05, 0.1) is 0 Å². The molecule has 7 rings (SSSR count). The Labute approximate surface area is 453 Å². The third kappa shape index (κ3) is 14.8. The molecule has 0 N–H and O–H groups in total. The Morgan fingerprint density at radius 1 is 0.519 bits per heavy atom. The van der Waals surface area contributed by atoms with E-state index < -0.39 is 70.7 Å². The van der Waals surface area contributed by atoms with E-state index >= 15 is 9.59 Å². The lowest BCUT2D eigenvalue weighted by molar-refractivity contribution is -0.185. The molecule has 0 spiro atoms. The highest BCUT2D eigenvalue weighted by Gasteiger charge is 2.46. The second kappa shape index (κ2) is 24.5. The van der Waals surface area contributed by atoms with Gasteiger partial charge >= 0.3 is 23.9 Å². The molecular weight excluding hydrogens is 1010 g/mol. The van der Waals surface area contributed by atoms with Crippen molar-refractivity contribution in [3.63, 3.8) is 0 Å². The molecule has 6 aromatic carbocycles. The number of rotatable bonds is 20. The normalized spacial score (nSPS) is 12.9. The van der Waals surface area contributed by atoms with Crippen LogP contribution in [0.3, 0.4) is 0 Å². The number of hydrogen-bond acceptors (Lipinski definition) is 10. The topological polar surface area (TPSA) is 129 Å². The van der Waals surface area contributed by atoms with Crippen LogP contribution in [0.4, 0.5) is 4.39 Å². The molecule has 400 valence electrons. The smallest absolute Gasteiger partial charge is 0.355 e. The minimum absolute atomic E-state index is 0.0312. The molecule has 0 aliphatic carbocycles. The Bertz CT molecular complexity index is 3050. The monoisotopic (exact) mass is 1070 g/mol. The highest BCUT2D eigenvalue weighted by Crippen LogP contribution is 2.44. The SMILES string of the molecule is CC(C)(C)[Si](C)(C)Oc1ccc(/C=C/C(=O)O[C@@H](C(=O)OC(c2ccccc2)c2ccccc2)[C@@H](OC(=O)c2cccn2Cc2ccc(F)cc2)C(=O)OC(c2ccccc2)c2ccccc2)cc1O[Si](C)(C)C(C)(C)C. The lowest BCUT2D eigenvalue weighted by Gasteiger charge is -2.39. The summed E-state index contributed by atoms with van der Waals surface area (Å²) in [7, 11) is -4.78. The summed E-state index contributed by atoms with van der Waals surface area (Å²) in [5, 5.41) is -0.268. The Balaban J connectivity index is 1.31. The Hall–Kier alpha value is -7.82. The maximum absolute atomic E-state index is 15.2. The molecule has 0 saturated carbocycles. The molecule has 0 radical (unpaired) electrons. The lowest BCUT2D eigenvalue weighted by atomic mass is 10.0. The Morgan fingerprint density at radius 3 is 1.39 bits per heavy atom. The van der Waals surface area contributed by atoms with Crippen molar-refractivity contribution in [1.82, 2.24) is 4.57 Å². The van der Waals surface area contributed by atoms with Gasteiger partial charge in [0.15, 0.2) is 12.2 Å². The van der Waals surface area contributed by atoms with E-state index in [1.165, 1.54) is 24.3 Å². The fourth-order valence-corrected chi connectivity index (χ4v) is 9.72. The Kier molecular flexibility index (Phi) is 18.1. The van der Waals surface area contributed by atoms with E-state index in [1.807, 2.05) is 30.3 Å². The summed E-state index contributed by atoms with van der Waals surface area (Å²) in [5.74, 6) is -3.88. The number of nitrogens with zero attached hydrogens (tertiary/aromatic N) is 1. The minimum atomic E-state index is -2.43. The zero-order chi connectivity index (χ0) is 55.5. The van der Waals surface area contributed by atoms with Crippen molar-refractivity contribution in [1.29, 1.82) is 0 Å². The van der Waals surface area contributed by atoms with Crippen molar-refractivity contribution in [2.24, 2.45) is 0 Å². The van der Waals surface area contributed by atoms with Crippen LogP contribution in [0.2, 0.25) is 36.3 Å². The number of carbonyl (C=O) groups excluding carboxylic acids is 4. The van der Waals surface area contributed by atoms with Crippen LogP contribution in [0, 0.1) is 5.82 Å². The molecule has 0 saturated heterocycles. The van der Waals surface area contributed by atoms with E-state index in [1.54, 1.807) is 138 Å². The average molecular weight is 1070 g/mol. The van der Waals surface area contributed by atoms with E-state index in [0.717, 1.165) is 6.08 Å². The van der Waals surface area contributed by atoms with Crippen molar-refractivity contribution < 1.29 is 51.4 Å². The third-order valence-corrected chi connectivity index (χ3v) is 22.8. The van der Waals surface area contributed by atoms with Gasteiger partial charge in [0.2, 0.25) is 12.2 Å². The quantitative estimate of drug-likeness (QED) is 0.0315. The molecule has 11 nitrogen and oxygen atoms in total. The van der Waals surface area contributed by atoms with E-state index in [-0.39, 0.29) is 22.3 Å². The Morgan fingerprint density at radius 2 is 0.948 bits per heavy atom. The molecule has 0 unspecified atom stereocenters. The molecule has 0 aliphatic rings. The van der Waals surface area contributed by atoms with Gasteiger partial charge in [0.1, 0.15) is 23.0 Å². The van der Waals surface area contributed by atoms with Crippen molar-refractivity contribution in [3.8, 4) is 11.5 Å². The highest BCUT2D eigenvalue weighted by molar-refractivity contribution is 6.75. The van der Waals surface area contributed by atoms with Gasteiger partial charge in [0, 0.05) is 18.8 Å². The summed E-state index contributed by atoms with van der Waals surface area (Å²) in [4.78, 5) is 59.5. The van der Waals surface area contributed by atoms with Crippen LogP contribution >= 0.6 is 0 Å². The van der Waals surface area contributed by atoms with Crippen LogP contribution in [0.5, 0.6) is 11.5 Å². The molecule has 0 bridgehead atoms. The number of esters is 4. The molecule has 1 aromatic heterocycles. The van der Waals surface area contributed by atoms with Gasteiger partial charge in [-0.05, 0) is 112 Å². The molecule has 2 atom stereocenters. The lowest BCUT2D eigenvalue weighted by Crippen LogP contribution is -2.48. The van der Waals surface area contributed by atoms with E-state index in [4.69, 9.17) is 27.8 Å². The largest absolute Gasteiger partial charge is 0.541 e. The molecule has 1 heterocycles. The highest BCUT2D eigenvalue weighted by atomic mass is 28.4. The van der Waals surface area contributed by atoms with Crippen LogP contribution in [-0.2, 0) is 39.9 Å². The molecule has 0 amide bonds. The summed E-state index contributed by atoms with van der Waals surface area (Å²) in [6.45, 7) is 21.6. The van der Waals surface area contributed by atoms with Gasteiger partial charge in [-0.1, -0.05) is 181 Å². The number of aromatic nitrogens is 1. The second-order valence-corrected chi connectivity index (χ2v) is 31.3. The van der Waals surface area contributed by atoms with Gasteiger partial charge in [-0.25, -0.2) is 23.6 Å². The molecule has 14 heteroatoms. The third-order valence-electron chi connectivity index (χ3n) is 14.1. The zero-order valence-electron chi connectivity index (χ0n) is 45.4. The standard InChI is InChI=1S/C63H68FNO10Si2/c1-62(2,3)76(7,8)74-52-39-35-44(42-53(52)75-77(9,10)63(4,5)6)36-40-54(66)70-57(60(68)71-55(46-24-15-11-16-25-46)47-26-17-12-18-27-47)58(61(69)72-56(48-28-19-13-20-29-48)49-30-21-14-22-31-49)73-59(67)51-32-23-41-65(51)43-45-33-37-50(64)38-34-45/h11-42,55-58H,43H2,1-10H3/b40-36+/t57-,58-/m1/s1. The first kappa shape index (κ1) is 56.9. The van der Waals surface area contributed by atoms with Crippen molar-refractivity contribution in [2.45, 2.75) is 109 Å². The molecular formula is C63H68FNO10Si2. The molecule has 7 aromatic rings. The predicted molar refractivity (Wildman–Crippen MR) is 302 cm³/mol. The number of benzene rings is 6. The fourth-order valence-electron chi connectivity index (χ4n) is 7.68. The minimum Gasteiger partial charge on any atom is -0.541 e. The van der Waals surface area contributed by atoms with Crippen LogP contribution < -0.4 is 8.85 Å². The van der Waals surface area contributed by atoms with Crippen LogP contribution in [0.25, 0.3) is 6.08 Å². The first-order chi connectivity index (χ1) is 36.5. The van der Waals surface area contributed by atoms with E-state index in [2.05, 4.69) is 67.7 Å². The van der Waals surface area contributed by atoms with Gasteiger partial charge < -0.3 is 32.4 Å². The number of hydrogen-bond donors (Lipinski definition) is 0. The summed E-state index contributed by atoms with van der Waals surface area (Å²) in [6.07, 6.45) is -2.42. The number of carbonyl (C=O) groups is 4. The molecule has 0 fully saturated rings. The average Bonchev–Trinajstić information content (AvgIpc) is 3.89. The van der Waals surface area contributed by atoms with Crippen molar-refractivity contribution in [3.05, 3.63) is 233 Å². The molecule has 0 aliphatic heterocycles. The predicted octanol–water partition coefficient (Wildman–Crippen LogP) is 14.3. The van der Waals surface area contributed by atoms with Gasteiger partial charge in [-0.3, -0.25) is 0 Å². The fraction of sp³-hybridized carbons (Fsp3) is 0.270. The van der Waals surface area contributed by atoms with Crippen molar-refractivity contribution in [2.75, 3.05) is 0 Å². The number of halogens is 1.